The van der Waals surface area contributed by atoms with Crippen LogP contribution in [0.25, 0.3) is 0 Å². The van der Waals surface area contributed by atoms with Crippen molar-refractivity contribution < 1.29 is 29.3 Å². The van der Waals surface area contributed by atoms with Crippen LogP contribution in [0.1, 0.15) is 51.5 Å². The number of β-amino-alcohol motifs (C(OH)–C–C–N with tert-alkyl or cyclic N) is 1. The molecule has 1 aliphatic carbocycles. The molecule has 3 atom stereocenters. The Morgan fingerprint density at radius 2 is 1.84 bits per heavy atom. The van der Waals surface area contributed by atoms with E-state index in [2.05, 4.69) is 21.8 Å². The fourth-order valence-electron chi connectivity index (χ4n) is 4.32. The Bertz CT molecular complexity index is 742. The fraction of sp³-hybridized carbons (Fsp3) is 0.652. The summed E-state index contributed by atoms with van der Waals surface area (Å²) in [4.78, 5) is 27.6. The maximum atomic E-state index is 13.1. The number of carbonyl (C=O) groups is 2. The minimum atomic E-state index is -1.39. The molecule has 1 aromatic rings. The quantitative estimate of drug-likeness (QED) is 0.635. The molecule has 3 rings (SSSR count). The molecular formula is C23H34N2O6. The summed E-state index contributed by atoms with van der Waals surface area (Å²) in [5.41, 5.74) is 0.696. The predicted molar refractivity (Wildman–Crippen MR) is 115 cm³/mol. The lowest BCUT2D eigenvalue weighted by atomic mass is 10.0. The van der Waals surface area contributed by atoms with Crippen LogP contribution in [-0.4, -0.2) is 82.3 Å². The average Bonchev–Trinajstić information content (AvgIpc) is 3.47. The minimum Gasteiger partial charge on any atom is -0.450 e. The van der Waals surface area contributed by atoms with Gasteiger partial charge < -0.3 is 29.5 Å². The standard InChI is InChI=1S/C23H34N2O6/c1-23(2,3)31-21(27)25(20-13-19(20)16-7-5-4-6-8-16)17-9-11-24(12-10-17)14-18(26)15-30-22(28)29/h4-8,17-20,26H,9-15H2,1-3H3,(H,28,29)/t18?,19-,20+/m0/s1. The van der Waals surface area contributed by atoms with Crippen molar-refractivity contribution in [3.8, 4) is 0 Å². The van der Waals surface area contributed by atoms with Crippen LogP contribution < -0.4 is 0 Å². The molecule has 172 valence electrons. The molecule has 2 fully saturated rings. The van der Waals surface area contributed by atoms with Gasteiger partial charge in [-0.2, -0.15) is 0 Å². The minimum absolute atomic E-state index is 0.0808. The lowest BCUT2D eigenvalue weighted by Gasteiger charge is -2.40. The summed E-state index contributed by atoms with van der Waals surface area (Å²) >= 11 is 0. The monoisotopic (exact) mass is 434 g/mol. The van der Waals surface area contributed by atoms with Crippen molar-refractivity contribution in [3.63, 3.8) is 0 Å². The highest BCUT2D eigenvalue weighted by atomic mass is 16.7. The first-order valence-corrected chi connectivity index (χ1v) is 11.0. The number of likely N-dealkylation sites (tertiary alicyclic amines) is 1. The second-order valence-corrected chi connectivity index (χ2v) is 9.47. The summed E-state index contributed by atoms with van der Waals surface area (Å²) in [5.74, 6) is 0.335. The molecule has 1 saturated heterocycles. The van der Waals surface area contributed by atoms with Crippen LogP contribution in [-0.2, 0) is 9.47 Å². The van der Waals surface area contributed by atoms with Crippen molar-refractivity contribution >= 4 is 12.2 Å². The van der Waals surface area contributed by atoms with Crippen LogP contribution in [0.5, 0.6) is 0 Å². The molecule has 1 amide bonds. The van der Waals surface area contributed by atoms with Crippen molar-refractivity contribution in [1.29, 1.82) is 0 Å². The number of hydrogen-bond acceptors (Lipinski definition) is 6. The molecule has 1 heterocycles. The Morgan fingerprint density at radius 3 is 2.42 bits per heavy atom. The number of piperidine rings is 1. The number of amides is 1. The number of benzene rings is 1. The average molecular weight is 435 g/mol. The van der Waals surface area contributed by atoms with E-state index in [1.54, 1.807) is 0 Å². The summed E-state index contributed by atoms with van der Waals surface area (Å²) < 4.78 is 10.2. The summed E-state index contributed by atoms with van der Waals surface area (Å²) in [6, 6.07) is 10.5. The maximum Gasteiger partial charge on any atom is 0.505 e. The van der Waals surface area contributed by atoms with E-state index in [1.165, 1.54) is 5.56 Å². The molecule has 1 saturated carbocycles. The molecular weight excluding hydrogens is 400 g/mol. The molecule has 0 bridgehead atoms. The predicted octanol–water partition coefficient (Wildman–Crippen LogP) is 3.30. The summed E-state index contributed by atoms with van der Waals surface area (Å²) in [6.07, 6.45) is -0.00432. The van der Waals surface area contributed by atoms with Gasteiger partial charge in [0.15, 0.2) is 0 Å². The van der Waals surface area contributed by atoms with Crippen molar-refractivity contribution in [3.05, 3.63) is 35.9 Å². The van der Waals surface area contributed by atoms with Crippen LogP contribution in [0.2, 0.25) is 0 Å². The second kappa shape index (κ2) is 9.87. The van der Waals surface area contributed by atoms with Gasteiger partial charge in [-0.15, -0.1) is 0 Å². The summed E-state index contributed by atoms with van der Waals surface area (Å²) in [6.45, 7) is 7.20. The van der Waals surface area contributed by atoms with E-state index < -0.39 is 17.9 Å². The van der Waals surface area contributed by atoms with Crippen LogP contribution in [0, 0.1) is 0 Å². The van der Waals surface area contributed by atoms with Crippen LogP contribution in [0.4, 0.5) is 9.59 Å². The topological polar surface area (TPSA) is 99.5 Å². The van der Waals surface area contributed by atoms with Gasteiger partial charge in [0.2, 0.25) is 0 Å². The van der Waals surface area contributed by atoms with Crippen LogP contribution in [0.3, 0.4) is 0 Å². The van der Waals surface area contributed by atoms with Crippen LogP contribution in [0.15, 0.2) is 30.3 Å². The van der Waals surface area contributed by atoms with E-state index in [0.29, 0.717) is 12.5 Å². The molecule has 1 unspecified atom stereocenters. The van der Waals surface area contributed by atoms with Gasteiger partial charge in [-0.3, -0.25) is 0 Å². The highest BCUT2D eigenvalue weighted by Crippen LogP contribution is 2.46. The van der Waals surface area contributed by atoms with E-state index in [9.17, 15) is 14.7 Å². The van der Waals surface area contributed by atoms with Gasteiger partial charge in [0.25, 0.3) is 0 Å². The van der Waals surface area contributed by atoms with Gasteiger partial charge in [0.1, 0.15) is 18.3 Å². The Balaban J connectivity index is 1.60. The molecule has 31 heavy (non-hydrogen) atoms. The zero-order valence-corrected chi connectivity index (χ0v) is 18.6. The molecule has 2 aliphatic rings. The van der Waals surface area contributed by atoms with Crippen LogP contribution >= 0.6 is 0 Å². The molecule has 8 nitrogen and oxygen atoms in total. The number of ether oxygens (including phenoxy) is 2. The van der Waals surface area contributed by atoms with E-state index in [1.807, 2.05) is 43.9 Å². The molecule has 1 aromatic carbocycles. The first kappa shape index (κ1) is 23.3. The van der Waals surface area contributed by atoms with E-state index in [-0.39, 0.29) is 24.8 Å². The number of hydrogen-bond donors (Lipinski definition) is 2. The number of rotatable bonds is 7. The highest BCUT2D eigenvalue weighted by molar-refractivity contribution is 5.70. The number of aliphatic hydroxyl groups is 1. The highest BCUT2D eigenvalue weighted by Gasteiger charge is 2.48. The first-order valence-electron chi connectivity index (χ1n) is 11.0. The molecule has 0 spiro atoms. The molecule has 2 N–H and O–H groups in total. The summed E-state index contributed by atoms with van der Waals surface area (Å²) in [7, 11) is 0. The maximum absolute atomic E-state index is 13.1. The molecule has 1 aliphatic heterocycles. The van der Waals surface area contributed by atoms with Gasteiger partial charge in [0, 0.05) is 37.6 Å². The Kier molecular flexibility index (Phi) is 7.43. The number of aliphatic hydroxyl groups excluding tert-OH is 1. The lowest BCUT2D eigenvalue weighted by molar-refractivity contribution is -0.00292. The van der Waals surface area contributed by atoms with Gasteiger partial charge in [0.05, 0.1) is 0 Å². The normalized spacial score (nSPS) is 23.1. The third-order valence-electron chi connectivity index (χ3n) is 5.76. The van der Waals surface area contributed by atoms with Crippen molar-refractivity contribution in [2.75, 3.05) is 26.2 Å². The van der Waals surface area contributed by atoms with Crippen molar-refractivity contribution in [1.82, 2.24) is 9.80 Å². The van der Waals surface area contributed by atoms with E-state index >= 15 is 0 Å². The number of nitrogens with zero attached hydrogens (tertiary/aromatic N) is 2. The van der Waals surface area contributed by atoms with Crippen molar-refractivity contribution in [2.45, 2.75) is 69.7 Å². The SMILES string of the molecule is CC(C)(C)OC(=O)N(C1CCN(CC(O)COC(=O)O)CC1)[C@@H]1C[C@H]1c1ccccc1. The lowest BCUT2D eigenvalue weighted by Crippen LogP contribution is -2.51. The Morgan fingerprint density at radius 1 is 1.19 bits per heavy atom. The van der Waals surface area contributed by atoms with Gasteiger partial charge in [-0.1, -0.05) is 30.3 Å². The Hall–Kier alpha value is -2.32. The number of carboxylic acid groups (broad SMARTS) is 1. The fourth-order valence-corrected chi connectivity index (χ4v) is 4.32. The van der Waals surface area contributed by atoms with Gasteiger partial charge in [-0.05, 0) is 45.6 Å². The first-order chi connectivity index (χ1) is 14.6. The Labute approximate surface area is 183 Å². The molecule has 0 radical (unpaired) electrons. The molecule has 0 aromatic heterocycles. The van der Waals surface area contributed by atoms with Crippen molar-refractivity contribution in [2.24, 2.45) is 0 Å². The number of carbonyl (C=O) groups excluding carboxylic acids is 1. The van der Waals surface area contributed by atoms with Gasteiger partial charge in [-0.25, -0.2) is 9.59 Å². The zero-order valence-electron chi connectivity index (χ0n) is 18.6. The van der Waals surface area contributed by atoms with E-state index in [4.69, 9.17) is 9.84 Å². The summed E-state index contributed by atoms with van der Waals surface area (Å²) in [5, 5.41) is 18.5. The largest absolute Gasteiger partial charge is 0.505 e. The zero-order chi connectivity index (χ0) is 22.6. The van der Waals surface area contributed by atoms with E-state index in [0.717, 1.165) is 32.4 Å². The van der Waals surface area contributed by atoms with Gasteiger partial charge >= 0.3 is 12.2 Å². The third-order valence-corrected chi connectivity index (χ3v) is 5.76. The smallest absolute Gasteiger partial charge is 0.450 e. The second-order valence-electron chi connectivity index (χ2n) is 9.47. The third kappa shape index (κ3) is 6.83. The molecule has 8 heteroatoms.